The van der Waals surface area contributed by atoms with Crippen LogP contribution in [-0.2, 0) is 0 Å². The number of pyridine rings is 1. The monoisotopic (exact) mass is 287 g/mol. The minimum atomic E-state index is -0.0593. The van der Waals surface area contributed by atoms with Crippen LogP contribution in [0, 0.1) is 12.8 Å². The lowest BCUT2D eigenvalue weighted by atomic mass is 9.92. The summed E-state index contributed by atoms with van der Waals surface area (Å²) < 4.78 is 5.65. The molecular formula is C16H21N3O2. The van der Waals surface area contributed by atoms with Gasteiger partial charge in [-0.2, -0.15) is 0 Å². The van der Waals surface area contributed by atoms with Gasteiger partial charge in [0.2, 0.25) is 0 Å². The summed E-state index contributed by atoms with van der Waals surface area (Å²) in [5, 5.41) is 0. The third-order valence-electron chi connectivity index (χ3n) is 4.21. The largest absolute Gasteiger partial charge is 0.449 e. The number of aromatic nitrogens is 1. The normalized spacial score (nSPS) is 20.7. The maximum absolute atomic E-state index is 12.6. The number of amides is 1. The first-order valence-electron chi connectivity index (χ1n) is 7.46. The Bertz CT molecular complexity index is 663. The highest BCUT2D eigenvalue weighted by Gasteiger charge is 2.28. The summed E-state index contributed by atoms with van der Waals surface area (Å²) >= 11 is 0. The fraction of sp³-hybridized carbons (Fsp3) is 0.500. The van der Waals surface area contributed by atoms with Crippen LogP contribution in [0.5, 0.6) is 0 Å². The van der Waals surface area contributed by atoms with Gasteiger partial charge < -0.3 is 15.1 Å². The second-order valence-corrected chi connectivity index (χ2v) is 5.96. The van der Waals surface area contributed by atoms with Gasteiger partial charge in [0.15, 0.2) is 11.3 Å². The summed E-state index contributed by atoms with van der Waals surface area (Å²) in [5.41, 5.74) is 8.28. The van der Waals surface area contributed by atoms with Crippen LogP contribution in [0.2, 0.25) is 0 Å². The molecule has 3 rings (SSSR count). The second kappa shape index (κ2) is 5.48. The van der Waals surface area contributed by atoms with Gasteiger partial charge in [-0.3, -0.25) is 4.79 Å². The van der Waals surface area contributed by atoms with Crippen molar-refractivity contribution in [2.45, 2.75) is 32.7 Å². The van der Waals surface area contributed by atoms with Crippen LogP contribution in [0.3, 0.4) is 0 Å². The van der Waals surface area contributed by atoms with E-state index in [1.807, 2.05) is 30.9 Å². The average Bonchev–Trinajstić information content (AvgIpc) is 2.89. The molecule has 0 saturated carbocycles. The van der Waals surface area contributed by atoms with Gasteiger partial charge >= 0.3 is 0 Å². The first-order chi connectivity index (χ1) is 10.0. The number of nitrogens with zero attached hydrogens (tertiary/aromatic N) is 2. The van der Waals surface area contributed by atoms with Crippen molar-refractivity contribution < 1.29 is 9.21 Å². The molecule has 0 bridgehead atoms. The molecule has 3 heterocycles. The Morgan fingerprint density at radius 2 is 2.33 bits per heavy atom. The van der Waals surface area contributed by atoms with Gasteiger partial charge in [0.1, 0.15) is 5.52 Å². The van der Waals surface area contributed by atoms with E-state index in [2.05, 4.69) is 4.98 Å². The van der Waals surface area contributed by atoms with Crippen molar-refractivity contribution in [2.24, 2.45) is 11.7 Å². The quantitative estimate of drug-likeness (QED) is 0.920. The van der Waals surface area contributed by atoms with Crippen LogP contribution in [0.25, 0.3) is 11.1 Å². The van der Waals surface area contributed by atoms with Gasteiger partial charge in [0.05, 0.1) is 0 Å². The average molecular weight is 287 g/mol. The van der Waals surface area contributed by atoms with Crippen LogP contribution in [0.1, 0.15) is 36.0 Å². The van der Waals surface area contributed by atoms with E-state index in [9.17, 15) is 4.79 Å². The van der Waals surface area contributed by atoms with E-state index >= 15 is 0 Å². The lowest BCUT2D eigenvalue weighted by Crippen LogP contribution is -2.44. The maximum atomic E-state index is 12.6. The van der Waals surface area contributed by atoms with Crippen LogP contribution in [0.4, 0.5) is 0 Å². The molecule has 21 heavy (non-hydrogen) atoms. The Balaban J connectivity index is 1.82. The predicted molar refractivity (Wildman–Crippen MR) is 81.0 cm³/mol. The Morgan fingerprint density at radius 3 is 3.10 bits per heavy atom. The predicted octanol–water partition coefficient (Wildman–Crippen LogP) is 2.34. The Hall–Kier alpha value is -1.88. The molecule has 0 radical (unpaired) electrons. The smallest absolute Gasteiger partial charge is 0.289 e. The zero-order valence-electron chi connectivity index (χ0n) is 12.5. The summed E-state index contributed by atoms with van der Waals surface area (Å²) in [6.45, 7) is 5.41. The van der Waals surface area contributed by atoms with Crippen molar-refractivity contribution in [2.75, 3.05) is 13.1 Å². The van der Waals surface area contributed by atoms with Crippen molar-refractivity contribution in [3.05, 3.63) is 29.7 Å². The molecule has 0 aromatic carbocycles. The number of carbonyl (C=O) groups is 1. The lowest BCUT2D eigenvalue weighted by molar-refractivity contribution is 0.0631. The van der Waals surface area contributed by atoms with Gasteiger partial charge in [-0.15, -0.1) is 0 Å². The number of carbonyl (C=O) groups excluding carboxylic acids is 1. The highest BCUT2D eigenvalue weighted by molar-refractivity contribution is 5.95. The molecule has 1 aliphatic heterocycles. The summed E-state index contributed by atoms with van der Waals surface area (Å²) in [6.07, 6.45) is 2.08. The number of hydrogen-bond donors (Lipinski definition) is 1. The van der Waals surface area contributed by atoms with Crippen molar-refractivity contribution in [3.8, 4) is 0 Å². The minimum absolute atomic E-state index is 0.0593. The number of nitrogens with two attached hydrogens (primary N) is 1. The number of fused-ring (bicyclic) bond motifs is 1. The first-order valence-corrected chi connectivity index (χ1v) is 7.46. The Morgan fingerprint density at radius 1 is 1.52 bits per heavy atom. The zero-order chi connectivity index (χ0) is 15.0. The highest BCUT2D eigenvalue weighted by atomic mass is 16.3. The van der Waals surface area contributed by atoms with Crippen LogP contribution >= 0.6 is 0 Å². The molecule has 2 aromatic heterocycles. The van der Waals surface area contributed by atoms with E-state index < -0.39 is 0 Å². The number of aryl methyl sites for hydroxylation is 1. The number of likely N-dealkylation sites (tertiary alicyclic amines) is 1. The van der Waals surface area contributed by atoms with Crippen molar-refractivity contribution in [1.29, 1.82) is 0 Å². The Kier molecular flexibility index (Phi) is 3.68. The molecule has 1 aliphatic rings. The molecule has 5 nitrogen and oxygen atoms in total. The molecule has 0 spiro atoms. The van der Waals surface area contributed by atoms with Gasteiger partial charge in [0.25, 0.3) is 5.91 Å². The number of piperidine rings is 1. The molecule has 1 fully saturated rings. The minimum Gasteiger partial charge on any atom is -0.449 e. The van der Waals surface area contributed by atoms with E-state index in [0.717, 1.165) is 30.6 Å². The third-order valence-corrected chi connectivity index (χ3v) is 4.21. The SMILES string of the molecule is Cc1ccc2oc(C(=O)N3CCCC(C(C)N)C3)cc2n1. The topological polar surface area (TPSA) is 72.4 Å². The number of furan rings is 1. The summed E-state index contributed by atoms with van der Waals surface area (Å²) in [7, 11) is 0. The van der Waals surface area contributed by atoms with E-state index in [-0.39, 0.29) is 11.9 Å². The molecule has 112 valence electrons. The second-order valence-electron chi connectivity index (χ2n) is 5.96. The lowest BCUT2D eigenvalue weighted by Gasteiger charge is -2.34. The fourth-order valence-electron chi connectivity index (χ4n) is 2.91. The fourth-order valence-corrected chi connectivity index (χ4v) is 2.91. The molecule has 0 aliphatic carbocycles. The zero-order valence-corrected chi connectivity index (χ0v) is 12.5. The van der Waals surface area contributed by atoms with Gasteiger partial charge in [-0.05, 0) is 44.7 Å². The molecule has 1 amide bonds. The van der Waals surface area contributed by atoms with Gasteiger partial charge in [0, 0.05) is 30.9 Å². The standard InChI is InChI=1S/C16H21N3O2/c1-10-5-6-14-13(18-10)8-15(21-14)16(20)19-7-3-4-12(9-19)11(2)17/h5-6,8,11-12H,3-4,7,9,17H2,1-2H3. The van der Waals surface area contributed by atoms with Gasteiger partial charge in [-0.25, -0.2) is 4.98 Å². The van der Waals surface area contributed by atoms with Crippen molar-refractivity contribution in [1.82, 2.24) is 9.88 Å². The number of hydrogen-bond acceptors (Lipinski definition) is 4. The van der Waals surface area contributed by atoms with E-state index in [1.165, 1.54) is 0 Å². The molecule has 2 aromatic rings. The van der Waals surface area contributed by atoms with Crippen LogP contribution < -0.4 is 5.73 Å². The Labute approximate surface area is 124 Å². The maximum Gasteiger partial charge on any atom is 0.289 e. The first kappa shape index (κ1) is 14.1. The van der Waals surface area contributed by atoms with Crippen molar-refractivity contribution in [3.63, 3.8) is 0 Å². The van der Waals surface area contributed by atoms with Crippen LogP contribution in [-0.4, -0.2) is 34.9 Å². The molecular weight excluding hydrogens is 266 g/mol. The van der Waals surface area contributed by atoms with E-state index in [1.54, 1.807) is 6.07 Å². The summed E-state index contributed by atoms with van der Waals surface area (Å²) in [5.74, 6) is 0.678. The van der Waals surface area contributed by atoms with Crippen molar-refractivity contribution >= 4 is 17.0 Å². The summed E-state index contributed by atoms with van der Waals surface area (Å²) in [4.78, 5) is 18.8. The van der Waals surface area contributed by atoms with Gasteiger partial charge in [-0.1, -0.05) is 0 Å². The van der Waals surface area contributed by atoms with Crippen LogP contribution in [0.15, 0.2) is 22.6 Å². The molecule has 5 heteroatoms. The number of rotatable bonds is 2. The van der Waals surface area contributed by atoms with E-state index in [4.69, 9.17) is 10.2 Å². The van der Waals surface area contributed by atoms with E-state index in [0.29, 0.717) is 23.8 Å². The molecule has 2 unspecified atom stereocenters. The third kappa shape index (κ3) is 2.78. The molecule has 2 atom stereocenters. The molecule has 2 N–H and O–H groups in total. The molecule has 1 saturated heterocycles. The summed E-state index contributed by atoms with van der Waals surface area (Å²) in [6, 6.07) is 5.59. The highest BCUT2D eigenvalue weighted by Crippen LogP contribution is 2.23.